The first-order chi connectivity index (χ1) is 13.3. The number of carbonyl (C=O) groups is 2. The third-order valence-corrected chi connectivity index (χ3v) is 4.95. The summed E-state index contributed by atoms with van der Waals surface area (Å²) < 4.78 is 5.02. The second kappa shape index (κ2) is 9.89. The number of benzene rings is 2. The zero-order chi connectivity index (χ0) is 20.7. The first-order valence-electron chi connectivity index (χ1n) is 8.70. The molecule has 0 aliphatic rings. The number of hydrogen-bond acceptors (Lipinski definition) is 6. The van der Waals surface area contributed by atoms with Gasteiger partial charge in [0.05, 0.1) is 10.7 Å². The minimum absolute atomic E-state index is 0.00665. The molecule has 0 heterocycles. The normalized spacial score (nSPS) is 10.6. The molecular weight excluding hydrogens is 380 g/mol. The van der Waals surface area contributed by atoms with Crippen LogP contribution in [-0.4, -0.2) is 29.2 Å². The molecule has 2 aromatic rings. The van der Waals surface area contributed by atoms with E-state index in [1.807, 2.05) is 39.0 Å². The maximum atomic E-state index is 12.2. The summed E-state index contributed by atoms with van der Waals surface area (Å²) in [6, 6.07) is 11.7. The highest BCUT2D eigenvalue weighted by molar-refractivity contribution is 8.00. The molecule has 0 bridgehead atoms. The van der Waals surface area contributed by atoms with Gasteiger partial charge in [-0.3, -0.25) is 19.7 Å². The van der Waals surface area contributed by atoms with E-state index in [4.69, 9.17) is 4.74 Å². The molecule has 0 saturated carbocycles. The molecule has 0 unspecified atom stereocenters. The van der Waals surface area contributed by atoms with Crippen molar-refractivity contribution in [1.29, 1.82) is 0 Å². The van der Waals surface area contributed by atoms with Crippen molar-refractivity contribution in [3.63, 3.8) is 0 Å². The quantitative estimate of drug-likeness (QED) is 0.306. The van der Waals surface area contributed by atoms with Crippen LogP contribution in [0, 0.1) is 17.0 Å². The predicted molar refractivity (Wildman–Crippen MR) is 109 cm³/mol. The van der Waals surface area contributed by atoms with Gasteiger partial charge in [0.2, 0.25) is 0 Å². The van der Waals surface area contributed by atoms with Crippen molar-refractivity contribution in [3.8, 4) is 0 Å². The fourth-order valence-electron chi connectivity index (χ4n) is 2.51. The molecule has 0 saturated heterocycles. The van der Waals surface area contributed by atoms with Gasteiger partial charge in [-0.2, -0.15) is 0 Å². The van der Waals surface area contributed by atoms with Gasteiger partial charge < -0.3 is 10.1 Å². The van der Waals surface area contributed by atoms with Crippen molar-refractivity contribution in [2.24, 2.45) is 0 Å². The molecule has 0 spiro atoms. The standard InChI is InChI=1S/C20H22N2O5S/c1-13(2)17-6-4-5-14(3)20(17)21-18(23)11-27-19(24)12-28-16-9-7-15(8-10-16)22(25)26/h4-10,13H,11-12H2,1-3H3,(H,21,23). The van der Waals surface area contributed by atoms with E-state index in [0.29, 0.717) is 4.90 Å². The van der Waals surface area contributed by atoms with Gasteiger partial charge in [-0.05, 0) is 36.1 Å². The number of ether oxygens (including phenoxy) is 1. The minimum Gasteiger partial charge on any atom is -0.455 e. The largest absolute Gasteiger partial charge is 0.455 e. The van der Waals surface area contributed by atoms with Crippen LogP contribution in [0.25, 0.3) is 0 Å². The fraction of sp³-hybridized carbons (Fsp3) is 0.300. The number of para-hydroxylation sites is 1. The summed E-state index contributed by atoms with van der Waals surface area (Å²) in [6.45, 7) is 5.62. The average molecular weight is 402 g/mol. The summed E-state index contributed by atoms with van der Waals surface area (Å²) in [5.41, 5.74) is 2.70. The van der Waals surface area contributed by atoms with Crippen LogP contribution in [-0.2, 0) is 14.3 Å². The first kappa shape index (κ1) is 21.4. The molecule has 2 aromatic carbocycles. The Bertz CT molecular complexity index is 865. The molecule has 2 rings (SSSR count). The number of thioether (sulfide) groups is 1. The third-order valence-electron chi connectivity index (χ3n) is 3.96. The molecular formula is C20H22N2O5S. The number of amides is 1. The number of esters is 1. The number of anilines is 1. The average Bonchev–Trinajstić information content (AvgIpc) is 2.66. The van der Waals surface area contributed by atoms with Crippen LogP contribution in [0.15, 0.2) is 47.4 Å². The first-order valence-corrected chi connectivity index (χ1v) is 9.68. The predicted octanol–water partition coefficient (Wildman–Crippen LogP) is 4.30. The van der Waals surface area contributed by atoms with Crippen LogP contribution >= 0.6 is 11.8 Å². The molecule has 0 fully saturated rings. The lowest BCUT2D eigenvalue weighted by molar-refractivity contribution is -0.384. The van der Waals surface area contributed by atoms with Gasteiger partial charge in [-0.25, -0.2) is 0 Å². The summed E-state index contributed by atoms with van der Waals surface area (Å²) in [6.07, 6.45) is 0. The highest BCUT2D eigenvalue weighted by atomic mass is 32.2. The molecule has 0 aliphatic heterocycles. The number of aryl methyl sites for hydroxylation is 1. The van der Waals surface area contributed by atoms with Gasteiger partial charge in [0, 0.05) is 22.7 Å². The van der Waals surface area contributed by atoms with E-state index < -0.39 is 16.8 Å². The lowest BCUT2D eigenvalue weighted by atomic mass is 9.98. The van der Waals surface area contributed by atoms with E-state index in [1.54, 1.807) is 12.1 Å². The maximum absolute atomic E-state index is 12.2. The van der Waals surface area contributed by atoms with E-state index in [0.717, 1.165) is 16.8 Å². The lowest BCUT2D eigenvalue weighted by Crippen LogP contribution is -2.22. The number of carbonyl (C=O) groups excluding carboxylic acids is 2. The van der Waals surface area contributed by atoms with Crippen LogP contribution < -0.4 is 5.32 Å². The van der Waals surface area contributed by atoms with E-state index in [2.05, 4.69) is 5.32 Å². The van der Waals surface area contributed by atoms with Gasteiger partial charge >= 0.3 is 5.97 Å². The molecule has 7 nitrogen and oxygen atoms in total. The van der Waals surface area contributed by atoms with Crippen molar-refractivity contribution in [3.05, 3.63) is 63.7 Å². The van der Waals surface area contributed by atoms with E-state index in [9.17, 15) is 19.7 Å². The van der Waals surface area contributed by atoms with Crippen molar-refractivity contribution in [2.75, 3.05) is 17.7 Å². The fourth-order valence-corrected chi connectivity index (χ4v) is 3.21. The number of nitro groups is 1. The van der Waals surface area contributed by atoms with Crippen molar-refractivity contribution in [1.82, 2.24) is 0 Å². The second-order valence-corrected chi connectivity index (χ2v) is 7.49. The number of nitrogens with one attached hydrogen (secondary N) is 1. The Kier molecular flexibility index (Phi) is 7.57. The molecule has 0 radical (unpaired) electrons. The minimum atomic E-state index is -0.535. The van der Waals surface area contributed by atoms with Gasteiger partial charge in [-0.15, -0.1) is 11.8 Å². The zero-order valence-corrected chi connectivity index (χ0v) is 16.7. The Hall–Kier alpha value is -2.87. The SMILES string of the molecule is Cc1cccc(C(C)C)c1NC(=O)COC(=O)CSc1ccc([N+](=O)[O-])cc1. The van der Waals surface area contributed by atoms with E-state index in [1.165, 1.54) is 23.9 Å². The molecule has 1 amide bonds. The number of rotatable bonds is 8. The molecule has 8 heteroatoms. The molecule has 0 aliphatic carbocycles. The Morgan fingerprint density at radius 1 is 1.18 bits per heavy atom. The van der Waals surface area contributed by atoms with E-state index >= 15 is 0 Å². The van der Waals surface area contributed by atoms with Gasteiger partial charge in [0.15, 0.2) is 6.61 Å². The molecule has 0 aromatic heterocycles. The summed E-state index contributed by atoms with van der Waals surface area (Å²) >= 11 is 1.18. The zero-order valence-electron chi connectivity index (χ0n) is 15.9. The Morgan fingerprint density at radius 3 is 2.46 bits per heavy atom. The number of hydrogen-bond donors (Lipinski definition) is 1. The van der Waals surface area contributed by atoms with E-state index in [-0.39, 0.29) is 24.0 Å². The van der Waals surface area contributed by atoms with Crippen molar-refractivity contribution in [2.45, 2.75) is 31.6 Å². The smallest absolute Gasteiger partial charge is 0.316 e. The Balaban J connectivity index is 1.83. The molecule has 1 N–H and O–H groups in total. The number of nitro benzene ring substituents is 1. The summed E-state index contributed by atoms with van der Waals surface area (Å²) in [7, 11) is 0. The second-order valence-electron chi connectivity index (χ2n) is 6.44. The maximum Gasteiger partial charge on any atom is 0.316 e. The van der Waals surface area contributed by atoms with Crippen LogP contribution in [0.3, 0.4) is 0 Å². The lowest BCUT2D eigenvalue weighted by Gasteiger charge is -2.16. The van der Waals surface area contributed by atoms with Crippen LogP contribution in [0.4, 0.5) is 11.4 Å². The monoisotopic (exact) mass is 402 g/mol. The number of nitrogens with zero attached hydrogens (tertiary/aromatic N) is 1. The topological polar surface area (TPSA) is 98.5 Å². The van der Waals surface area contributed by atoms with Crippen LogP contribution in [0.2, 0.25) is 0 Å². The highest BCUT2D eigenvalue weighted by Gasteiger charge is 2.14. The summed E-state index contributed by atoms with van der Waals surface area (Å²) in [5, 5.41) is 13.4. The van der Waals surface area contributed by atoms with Gasteiger partial charge in [0.1, 0.15) is 0 Å². The van der Waals surface area contributed by atoms with Crippen molar-refractivity contribution < 1.29 is 19.2 Å². The molecule has 28 heavy (non-hydrogen) atoms. The molecule has 0 atom stereocenters. The molecule has 148 valence electrons. The van der Waals surface area contributed by atoms with Gasteiger partial charge in [-0.1, -0.05) is 32.0 Å². The third kappa shape index (κ3) is 6.09. The highest BCUT2D eigenvalue weighted by Crippen LogP contribution is 2.27. The van der Waals surface area contributed by atoms with Crippen molar-refractivity contribution >= 4 is 35.0 Å². The van der Waals surface area contributed by atoms with Crippen LogP contribution in [0.1, 0.15) is 30.9 Å². The Morgan fingerprint density at radius 2 is 1.86 bits per heavy atom. The van der Waals surface area contributed by atoms with Gasteiger partial charge in [0.25, 0.3) is 11.6 Å². The summed E-state index contributed by atoms with van der Waals surface area (Å²) in [4.78, 5) is 34.9. The Labute approximate surface area is 167 Å². The summed E-state index contributed by atoms with van der Waals surface area (Å²) in [5.74, 6) is -0.680. The number of non-ortho nitro benzene ring substituents is 1. The van der Waals surface area contributed by atoms with Crippen LogP contribution in [0.5, 0.6) is 0 Å².